The van der Waals surface area contributed by atoms with Gasteiger partial charge >= 0.3 is 0 Å². The predicted molar refractivity (Wildman–Crippen MR) is 113 cm³/mol. The van der Waals surface area contributed by atoms with Crippen LogP contribution in [0.25, 0.3) is 10.9 Å². The Kier molecular flexibility index (Phi) is 5.76. The Balaban J connectivity index is 1.36. The molecule has 3 aromatic rings. The molecule has 10 heteroatoms. The molecule has 0 unspecified atom stereocenters. The van der Waals surface area contributed by atoms with Gasteiger partial charge in [0.1, 0.15) is 21.9 Å². The summed E-state index contributed by atoms with van der Waals surface area (Å²) < 4.78 is 38.8. The van der Waals surface area contributed by atoms with Crippen LogP contribution >= 0.6 is 11.6 Å². The number of fused-ring (bicyclic) bond motifs is 2. The third-order valence-corrected chi connectivity index (χ3v) is 6.35. The summed E-state index contributed by atoms with van der Waals surface area (Å²) in [5, 5.41) is 3.54. The zero-order valence-electron chi connectivity index (χ0n) is 15.7. The number of halogens is 1. The highest BCUT2D eigenvalue weighted by atomic mass is 35.5. The molecule has 2 aromatic carbocycles. The quantitative estimate of drug-likeness (QED) is 0.539. The van der Waals surface area contributed by atoms with Gasteiger partial charge in [0.15, 0.2) is 6.61 Å². The monoisotopic (exact) mass is 447 g/mol. The molecule has 0 fully saturated rings. The van der Waals surface area contributed by atoms with Gasteiger partial charge in [-0.2, -0.15) is 0 Å². The SMILES string of the molecule is O=C1COc2cc(S(=O)(=O)NCCCOc3cccc4cccnc34)c(Cl)cc2N1. The number of ether oxygens (including phenoxy) is 2. The molecule has 1 aliphatic heterocycles. The summed E-state index contributed by atoms with van der Waals surface area (Å²) >= 11 is 6.11. The van der Waals surface area contributed by atoms with Gasteiger partial charge in [-0.1, -0.05) is 29.8 Å². The second-order valence-electron chi connectivity index (χ2n) is 6.55. The summed E-state index contributed by atoms with van der Waals surface area (Å²) in [6.45, 7) is 0.290. The minimum absolute atomic E-state index is 0.00914. The Bertz CT molecular complexity index is 1210. The van der Waals surface area contributed by atoms with Gasteiger partial charge in [-0.15, -0.1) is 0 Å². The van der Waals surface area contributed by atoms with Crippen molar-refractivity contribution in [2.24, 2.45) is 0 Å². The minimum Gasteiger partial charge on any atom is -0.491 e. The van der Waals surface area contributed by atoms with Gasteiger partial charge in [-0.05, 0) is 24.6 Å². The first-order valence-electron chi connectivity index (χ1n) is 9.16. The Morgan fingerprint density at radius 1 is 1.23 bits per heavy atom. The number of pyridine rings is 1. The lowest BCUT2D eigenvalue weighted by Gasteiger charge is -2.19. The van der Waals surface area contributed by atoms with Gasteiger partial charge in [0.05, 0.1) is 17.3 Å². The van der Waals surface area contributed by atoms with Gasteiger partial charge in [-0.3, -0.25) is 9.78 Å². The van der Waals surface area contributed by atoms with Crippen molar-refractivity contribution in [3.05, 3.63) is 53.7 Å². The van der Waals surface area contributed by atoms with Crippen LogP contribution < -0.4 is 19.5 Å². The summed E-state index contributed by atoms with van der Waals surface area (Å²) in [5.41, 5.74) is 1.10. The maximum Gasteiger partial charge on any atom is 0.262 e. The van der Waals surface area contributed by atoms with Crippen LogP contribution in [0.2, 0.25) is 5.02 Å². The molecule has 1 aromatic heterocycles. The third kappa shape index (κ3) is 4.33. The topological polar surface area (TPSA) is 107 Å². The molecule has 0 saturated heterocycles. The Hall–Kier alpha value is -2.88. The van der Waals surface area contributed by atoms with Crippen molar-refractivity contribution in [1.82, 2.24) is 9.71 Å². The fraction of sp³-hybridized carbons (Fsp3) is 0.200. The molecule has 1 amide bonds. The number of sulfonamides is 1. The van der Waals surface area contributed by atoms with E-state index < -0.39 is 10.0 Å². The summed E-state index contributed by atoms with van der Waals surface area (Å²) in [4.78, 5) is 15.6. The average Bonchev–Trinajstić information content (AvgIpc) is 2.73. The van der Waals surface area contributed by atoms with Crippen molar-refractivity contribution >= 4 is 44.1 Å². The number of para-hydroxylation sites is 1. The molecule has 1 aliphatic rings. The molecular formula is C20H18ClN3O5S. The molecule has 30 heavy (non-hydrogen) atoms. The van der Waals surface area contributed by atoms with Crippen LogP contribution in [-0.4, -0.2) is 39.1 Å². The summed E-state index contributed by atoms with van der Waals surface area (Å²) in [5.74, 6) is 0.577. The Labute approximate surface area is 178 Å². The van der Waals surface area contributed by atoms with Crippen molar-refractivity contribution < 1.29 is 22.7 Å². The van der Waals surface area contributed by atoms with E-state index in [2.05, 4.69) is 15.0 Å². The largest absolute Gasteiger partial charge is 0.491 e. The summed E-state index contributed by atoms with van der Waals surface area (Å²) in [7, 11) is -3.86. The highest BCUT2D eigenvalue weighted by Gasteiger charge is 2.24. The molecule has 2 N–H and O–H groups in total. The van der Waals surface area contributed by atoms with E-state index in [-0.39, 0.29) is 34.7 Å². The first-order valence-corrected chi connectivity index (χ1v) is 11.0. The number of benzene rings is 2. The number of carbonyl (C=O) groups is 1. The molecule has 0 saturated carbocycles. The number of aromatic nitrogens is 1. The van der Waals surface area contributed by atoms with E-state index in [4.69, 9.17) is 21.1 Å². The maximum absolute atomic E-state index is 12.6. The second-order valence-corrected chi connectivity index (χ2v) is 8.69. The van der Waals surface area contributed by atoms with Crippen molar-refractivity contribution in [2.75, 3.05) is 25.1 Å². The molecule has 156 valence electrons. The third-order valence-electron chi connectivity index (χ3n) is 4.42. The number of hydrogen-bond donors (Lipinski definition) is 2. The van der Waals surface area contributed by atoms with Gasteiger partial charge in [0.25, 0.3) is 5.91 Å². The highest BCUT2D eigenvalue weighted by Crippen LogP contribution is 2.35. The van der Waals surface area contributed by atoms with E-state index in [1.165, 1.54) is 12.1 Å². The van der Waals surface area contributed by atoms with Crippen LogP contribution in [0.15, 0.2) is 53.6 Å². The molecule has 4 rings (SSSR count). The number of anilines is 1. The van der Waals surface area contributed by atoms with E-state index in [0.29, 0.717) is 24.5 Å². The fourth-order valence-electron chi connectivity index (χ4n) is 3.02. The highest BCUT2D eigenvalue weighted by molar-refractivity contribution is 7.89. The lowest BCUT2D eigenvalue weighted by Crippen LogP contribution is -2.28. The molecule has 2 heterocycles. The molecule has 0 atom stereocenters. The smallest absolute Gasteiger partial charge is 0.262 e. The molecule has 8 nitrogen and oxygen atoms in total. The standard InChI is InChI=1S/C20H18ClN3O5S/c21-14-10-15-17(29-12-19(25)24-15)11-18(14)30(26,27)23-8-3-9-28-16-6-1-4-13-5-2-7-22-20(13)16/h1-2,4-7,10-11,23H,3,8-9,12H2,(H,24,25). The number of carbonyl (C=O) groups excluding carboxylic acids is 1. The van der Waals surface area contributed by atoms with Crippen LogP contribution in [0.5, 0.6) is 11.5 Å². The van der Waals surface area contributed by atoms with Crippen LogP contribution in [-0.2, 0) is 14.8 Å². The Morgan fingerprint density at radius 3 is 2.93 bits per heavy atom. The van der Waals surface area contributed by atoms with Crippen molar-refractivity contribution in [2.45, 2.75) is 11.3 Å². The Morgan fingerprint density at radius 2 is 2.07 bits per heavy atom. The van der Waals surface area contributed by atoms with Gasteiger partial charge in [0, 0.05) is 24.2 Å². The van der Waals surface area contributed by atoms with Crippen molar-refractivity contribution in [3.8, 4) is 11.5 Å². The van der Waals surface area contributed by atoms with Gasteiger partial charge < -0.3 is 14.8 Å². The van der Waals surface area contributed by atoms with Crippen molar-refractivity contribution in [3.63, 3.8) is 0 Å². The normalized spacial score (nSPS) is 13.4. The zero-order valence-corrected chi connectivity index (χ0v) is 17.3. The van der Waals surface area contributed by atoms with E-state index in [0.717, 1.165) is 10.9 Å². The molecular weight excluding hydrogens is 430 g/mol. The van der Waals surface area contributed by atoms with E-state index >= 15 is 0 Å². The van der Waals surface area contributed by atoms with Crippen LogP contribution in [0.1, 0.15) is 6.42 Å². The molecule has 0 radical (unpaired) electrons. The van der Waals surface area contributed by atoms with E-state index in [9.17, 15) is 13.2 Å². The lowest BCUT2D eigenvalue weighted by molar-refractivity contribution is -0.118. The first kappa shape index (κ1) is 20.4. The van der Waals surface area contributed by atoms with Crippen LogP contribution in [0.3, 0.4) is 0 Å². The number of hydrogen-bond acceptors (Lipinski definition) is 6. The van der Waals surface area contributed by atoms with Gasteiger partial charge in [0.2, 0.25) is 10.0 Å². The van der Waals surface area contributed by atoms with Crippen LogP contribution in [0, 0.1) is 0 Å². The van der Waals surface area contributed by atoms with Gasteiger partial charge in [-0.25, -0.2) is 13.1 Å². The van der Waals surface area contributed by atoms with E-state index in [1.54, 1.807) is 6.20 Å². The molecule has 0 bridgehead atoms. The first-order chi connectivity index (χ1) is 14.4. The van der Waals surface area contributed by atoms with Crippen molar-refractivity contribution in [1.29, 1.82) is 0 Å². The number of amides is 1. The predicted octanol–water partition coefficient (Wildman–Crippen LogP) is 2.97. The molecule has 0 aliphatic carbocycles. The van der Waals surface area contributed by atoms with Crippen LogP contribution in [0.4, 0.5) is 5.69 Å². The minimum atomic E-state index is -3.86. The van der Waals surface area contributed by atoms with E-state index in [1.807, 2.05) is 30.3 Å². The summed E-state index contributed by atoms with van der Waals surface area (Å²) in [6, 6.07) is 12.1. The fourth-order valence-corrected chi connectivity index (χ4v) is 4.63. The molecule has 0 spiro atoms. The maximum atomic E-state index is 12.6. The number of nitrogens with one attached hydrogen (secondary N) is 2. The average molecular weight is 448 g/mol. The second kappa shape index (κ2) is 8.47. The number of rotatable bonds is 7. The summed E-state index contributed by atoms with van der Waals surface area (Å²) in [6.07, 6.45) is 2.14. The number of nitrogens with zero attached hydrogens (tertiary/aromatic N) is 1. The zero-order chi connectivity index (χ0) is 21.1. The lowest BCUT2D eigenvalue weighted by atomic mass is 10.2.